The molecule has 2 rings (SSSR count). The lowest BCUT2D eigenvalue weighted by molar-refractivity contribution is 0.110. The monoisotopic (exact) mass is 225 g/mol. The highest BCUT2D eigenvalue weighted by Gasteiger charge is 2.22. The molecule has 0 saturated carbocycles. The number of likely N-dealkylation sites (tertiary alicyclic amines) is 1. The lowest BCUT2D eigenvalue weighted by atomic mass is 10.1. The molecular weight excluding hydrogens is 208 g/mol. The highest BCUT2D eigenvalue weighted by molar-refractivity contribution is 5.17. The van der Waals surface area contributed by atoms with Crippen LogP contribution in [0.5, 0.6) is 0 Å². The Morgan fingerprint density at radius 3 is 2.75 bits per heavy atom. The van der Waals surface area contributed by atoms with Crippen molar-refractivity contribution < 1.29 is 8.78 Å². The summed E-state index contributed by atoms with van der Waals surface area (Å²) in [6.45, 7) is 1.51. The van der Waals surface area contributed by atoms with E-state index < -0.39 is 12.3 Å². The van der Waals surface area contributed by atoms with Crippen molar-refractivity contribution in [3.05, 3.63) is 35.9 Å². The quantitative estimate of drug-likeness (QED) is 0.764. The van der Waals surface area contributed by atoms with Crippen molar-refractivity contribution in [2.24, 2.45) is 0 Å². The van der Waals surface area contributed by atoms with Gasteiger partial charge in [0.2, 0.25) is 0 Å². The average Bonchev–Trinajstić information content (AvgIpc) is 2.30. The second-order valence-corrected chi connectivity index (χ2v) is 4.38. The van der Waals surface area contributed by atoms with Gasteiger partial charge in [0.05, 0.1) is 0 Å². The van der Waals surface area contributed by atoms with E-state index in [1.807, 2.05) is 23.1 Å². The smallest absolute Gasteiger partial charge is 0.138 e. The number of piperidine rings is 1. The molecule has 2 atom stereocenters. The summed E-state index contributed by atoms with van der Waals surface area (Å²) in [5.74, 6) is 0. The van der Waals surface area contributed by atoms with Crippen molar-refractivity contribution in [1.82, 2.24) is 4.90 Å². The van der Waals surface area contributed by atoms with E-state index in [0.717, 1.165) is 13.0 Å². The van der Waals surface area contributed by atoms with Crippen LogP contribution in [0.1, 0.15) is 24.6 Å². The van der Waals surface area contributed by atoms with Crippen molar-refractivity contribution >= 4 is 0 Å². The summed E-state index contributed by atoms with van der Waals surface area (Å²) < 4.78 is 27.0. The number of nitrogens with zero attached hydrogens (tertiary/aromatic N) is 1. The Morgan fingerprint density at radius 2 is 2.06 bits per heavy atom. The molecule has 0 radical (unpaired) electrons. The summed E-state index contributed by atoms with van der Waals surface area (Å²) in [4.78, 5) is 1.88. The van der Waals surface area contributed by atoms with Crippen molar-refractivity contribution in [2.45, 2.75) is 25.2 Å². The van der Waals surface area contributed by atoms with Crippen LogP contribution in [0.4, 0.5) is 8.78 Å². The zero-order valence-electron chi connectivity index (χ0n) is 9.28. The van der Waals surface area contributed by atoms with Gasteiger partial charge in [-0.2, -0.15) is 0 Å². The summed E-state index contributed by atoms with van der Waals surface area (Å²) in [6, 6.07) is 9.09. The zero-order valence-corrected chi connectivity index (χ0v) is 9.28. The predicted molar refractivity (Wildman–Crippen MR) is 60.9 cm³/mol. The van der Waals surface area contributed by atoms with Crippen molar-refractivity contribution in [1.29, 1.82) is 0 Å². The summed E-state index contributed by atoms with van der Waals surface area (Å²) in [6.07, 6.45) is -0.329. The van der Waals surface area contributed by atoms with E-state index in [-0.39, 0.29) is 0 Å². The van der Waals surface area contributed by atoms with Crippen LogP contribution in [0, 0.1) is 0 Å². The maximum absolute atomic E-state index is 13.9. The van der Waals surface area contributed by atoms with Crippen molar-refractivity contribution in [2.75, 3.05) is 19.6 Å². The van der Waals surface area contributed by atoms with E-state index in [9.17, 15) is 8.78 Å². The van der Waals surface area contributed by atoms with Gasteiger partial charge in [0.15, 0.2) is 0 Å². The van der Waals surface area contributed by atoms with E-state index in [1.54, 1.807) is 12.1 Å². The molecule has 1 aromatic rings. The number of halogens is 2. The molecule has 88 valence electrons. The summed E-state index contributed by atoms with van der Waals surface area (Å²) >= 11 is 0. The number of hydrogen-bond acceptors (Lipinski definition) is 1. The van der Waals surface area contributed by atoms with Crippen LogP contribution < -0.4 is 0 Å². The van der Waals surface area contributed by atoms with Gasteiger partial charge in [-0.15, -0.1) is 0 Å². The van der Waals surface area contributed by atoms with E-state index in [1.165, 1.54) is 0 Å². The van der Waals surface area contributed by atoms with Gasteiger partial charge in [-0.3, -0.25) is 4.90 Å². The third kappa shape index (κ3) is 3.01. The van der Waals surface area contributed by atoms with Gasteiger partial charge in [0.25, 0.3) is 0 Å². The first-order valence-electron chi connectivity index (χ1n) is 5.81. The third-order valence-electron chi connectivity index (χ3n) is 3.03. The van der Waals surface area contributed by atoms with Gasteiger partial charge in [0.1, 0.15) is 12.3 Å². The summed E-state index contributed by atoms with van der Waals surface area (Å²) in [5.41, 5.74) is 0.684. The molecular formula is C13H17F2N. The van der Waals surface area contributed by atoms with Crippen LogP contribution in [0.3, 0.4) is 0 Å². The standard InChI is InChI=1S/C13H17F2N/c14-12-7-4-8-16(9-12)10-13(15)11-5-2-1-3-6-11/h1-3,5-6,12-13H,4,7-10H2. The molecule has 3 heteroatoms. The van der Waals surface area contributed by atoms with Crippen LogP contribution in [-0.2, 0) is 0 Å². The molecule has 1 aliphatic rings. The summed E-state index contributed by atoms with van der Waals surface area (Å²) in [7, 11) is 0. The van der Waals surface area contributed by atoms with Crippen LogP contribution in [0.25, 0.3) is 0 Å². The molecule has 0 aromatic heterocycles. The van der Waals surface area contributed by atoms with Crippen molar-refractivity contribution in [3.63, 3.8) is 0 Å². The first kappa shape index (κ1) is 11.5. The second-order valence-electron chi connectivity index (χ2n) is 4.38. The fourth-order valence-corrected chi connectivity index (χ4v) is 2.16. The van der Waals surface area contributed by atoms with Crippen molar-refractivity contribution in [3.8, 4) is 0 Å². The largest absolute Gasteiger partial charge is 0.297 e. The topological polar surface area (TPSA) is 3.24 Å². The van der Waals surface area contributed by atoms with Gasteiger partial charge in [0, 0.05) is 13.1 Å². The highest BCUT2D eigenvalue weighted by atomic mass is 19.1. The Bertz CT molecular complexity index is 315. The molecule has 0 N–H and O–H groups in total. The average molecular weight is 225 g/mol. The third-order valence-corrected chi connectivity index (χ3v) is 3.03. The van der Waals surface area contributed by atoms with Crippen LogP contribution in [-0.4, -0.2) is 30.7 Å². The minimum atomic E-state index is -1.01. The Kier molecular flexibility index (Phi) is 3.88. The number of hydrogen-bond donors (Lipinski definition) is 0. The maximum Gasteiger partial charge on any atom is 0.138 e. The molecule has 1 heterocycles. The molecule has 1 aromatic carbocycles. The molecule has 2 unspecified atom stereocenters. The Balaban J connectivity index is 1.89. The van der Waals surface area contributed by atoms with Gasteiger partial charge >= 0.3 is 0 Å². The minimum absolute atomic E-state index is 0.310. The molecule has 1 saturated heterocycles. The molecule has 0 aliphatic carbocycles. The molecule has 1 aliphatic heterocycles. The van der Waals surface area contributed by atoms with Gasteiger partial charge in [-0.05, 0) is 24.9 Å². The Hall–Kier alpha value is -0.960. The summed E-state index contributed by atoms with van der Waals surface area (Å²) in [5, 5.41) is 0. The van der Waals surface area contributed by atoms with Crippen LogP contribution in [0.2, 0.25) is 0 Å². The Morgan fingerprint density at radius 1 is 1.31 bits per heavy atom. The predicted octanol–water partition coefficient (Wildman–Crippen LogP) is 3.13. The zero-order chi connectivity index (χ0) is 11.4. The van der Waals surface area contributed by atoms with Gasteiger partial charge in [-0.25, -0.2) is 8.78 Å². The maximum atomic E-state index is 13.9. The Labute approximate surface area is 95.1 Å². The fourth-order valence-electron chi connectivity index (χ4n) is 2.16. The molecule has 1 fully saturated rings. The lowest BCUT2D eigenvalue weighted by Gasteiger charge is -2.29. The van der Waals surface area contributed by atoms with E-state index in [2.05, 4.69) is 0 Å². The van der Waals surface area contributed by atoms with E-state index in [0.29, 0.717) is 25.1 Å². The minimum Gasteiger partial charge on any atom is -0.297 e. The SMILES string of the molecule is FC1CCCN(CC(F)c2ccccc2)C1. The first-order chi connectivity index (χ1) is 7.75. The molecule has 0 bridgehead atoms. The van der Waals surface area contributed by atoms with Crippen LogP contribution >= 0.6 is 0 Å². The second kappa shape index (κ2) is 5.39. The van der Waals surface area contributed by atoms with Crippen LogP contribution in [0.15, 0.2) is 30.3 Å². The van der Waals surface area contributed by atoms with Gasteiger partial charge in [-0.1, -0.05) is 30.3 Å². The van der Waals surface area contributed by atoms with Gasteiger partial charge < -0.3 is 0 Å². The number of benzene rings is 1. The molecule has 0 amide bonds. The molecule has 16 heavy (non-hydrogen) atoms. The fraction of sp³-hybridized carbons (Fsp3) is 0.538. The normalized spacial score (nSPS) is 24.2. The lowest BCUT2D eigenvalue weighted by Crippen LogP contribution is -2.38. The molecule has 0 spiro atoms. The molecule has 1 nitrogen and oxygen atoms in total. The number of rotatable bonds is 3. The number of alkyl halides is 2. The first-order valence-corrected chi connectivity index (χ1v) is 5.81. The van der Waals surface area contributed by atoms with E-state index >= 15 is 0 Å². The highest BCUT2D eigenvalue weighted by Crippen LogP contribution is 2.21. The van der Waals surface area contributed by atoms with E-state index in [4.69, 9.17) is 0 Å².